The lowest BCUT2D eigenvalue weighted by Crippen LogP contribution is -2.17. The third-order valence-corrected chi connectivity index (χ3v) is 3.13. The van der Waals surface area contributed by atoms with Gasteiger partial charge in [-0.3, -0.25) is 0 Å². The van der Waals surface area contributed by atoms with E-state index in [0.29, 0.717) is 6.07 Å². The minimum absolute atomic E-state index is 0.0209. The Morgan fingerprint density at radius 3 is 2.20 bits per heavy atom. The van der Waals surface area contributed by atoms with Crippen LogP contribution in [0, 0.1) is 0 Å². The molecule has 2 aromatic carbocycles. The zero-order valence-electron chi connectivity index (χ0n) is 12.5. The summed E-state index contributed by atoms with van der Waals surface area (Å²) in [6, 6.07) is 6.83. The maximum Gasteiger partial charge on any atom is 0.573 e. The summed E-state index contributed by atoms with van der Waals surface area (Å²) in [5, 5.41) is 0. The van der Waals surface area contributed by atoms with Crippen LogP contribution in [0.5, 0.6) is 5.75 Å². The molecule has 2 aromatic rings. The van der Waals surface area contributed by atoms with Gasteiger partial charge in [-0.15, -0.1) is 13.2 Å². The van der Waals surface area contributed by atoms with E-state index in [1.54, 1.807) is 0 Å². The number of alkyl halides is 6. The van der Waals surface area contributed by atoms with Crippen molar-refractivity contribution in [2.24, 2.45) is 0 Å². The second-order valence-electron chi connectivity index (χ2n) is 4.83. The number of carbonyl (C=O) groups excluding carboxylic acids is 1. The largest absolute Gasteiger partial charge is 0.573 e. The van der Waals surface area contributed by atoms with Gasteiger partial charge in [-0.05, 0) is 35.4 Å². The molecule has 0 radical (unpaired) electrons. The molecule has 134 valence electrons. The first-order valence-electron chi connectivity index (χ1n) is 6.67. The topological polar surface area (TPSA) is 35.5 Å². The molecular formula is C16H10F6O3. The first-order chi connectivity index (χ1) is 11.5. The number of benzene rings is 2. The fourth-order valence-corrected chi connectivity index (χ4v) is 2.11. The smallest absolute Gasteiger partial charge is 0.465 e. The molecule has 3 nitrogen and oxygen atoms in total. The van der Waals surface area contributed by atoms with E-state index in [-0.39, 0.29) is 11.1 Å². The molecule has 0 aliphatic carbocycles. The number of ether oxygens (including phenoxy) is 2. The molecule has 0 aliphatic rings. The number of hydrogen-bond acceptors (Lipinski definition) is 3. The Balaban J connectivity index is 2.55. The van der Waals surface area contributed by atoms with Gasteiger partial charge < -0.3 is 9.47 Å². The first-order valence-corrected chi connectivity index (χ1v) is 6.67. The Hall–Kier alpha value is -2.71. The van der Waals surface area contributed by atoms with E-state index in [9.17, 15) is 31.1 Å². The van der Waals surface area contributed by atoms with Crippen LogP contribution in [0.2, 0.25) is 0 Å². The summed E-state index contributed by atoms with van der Waals surface area (Å²) in [4.78, 5) is 11.8. The normalized spacial score (nSPS) is 12.0. The van der Waals surface area contributed by atoms with Gasteiger partial charge in [0.25, 0.3) is 0 Å². The zero-order valence-corrected chi connectivity index (χ0v) is 12.5. The maximum absolute atomic E-state index is 12.8. The Bertz CT molecular complexity index is 780. The summed E-state index contributed by atoms with van der Waals surface area (Å²) in [7, 11) is 0.982. The van der Waals surface area contributed by atoms with Crippen molar-refractivity contribution in [2.75, 3.05) is 7.11 Å². The highest BCUT2D eigenvalue weighted by Crippen LogP contribution is 2.35. The second-order valence-corrected chi connectivity index (χ2v) is 4.83. The van der Waals surface area contributed by atoms with Crippen LogP contribution in [0.4, 0.5) is 26.3 Å². The van der Waals surface area contributed by atoms with Crippen LogP contribution in [0.15, 0.2) is 42.5 Å². The monoisotopic (exact) mass is 364 g/mol. The Morgan fingerprint density at radius 1 is 0.960 bits per heavy atom. The van der Waals surface area contributed by atoms with Gasteiger partial charge in [-0.2, -0.15) is 13.2 Å². The average molecular weight is 364 g/mol. The first kappa shape index (κ1) is 18.6. The molecule has 25 heavy (non-hydrogen) atoms. The molecule has 0 bridgehead atoms. The minimum Gasteiger partial charge on any atom is -0.465 e. The number of rotatable bonds is 3. The lowest BCUT2D eigenvalue weighted by atomic mass is 9.97. The summed E-state index contributed by atoms with van der Waals surface area (Å²) < 4.78 is 83.6. The van der Waals surface area contributed by atoms with E-state index in [1.165, 1.54) is 12.1 Å². The molecule has 0 N–H and O–H groups in total. The highest BCUT2D eigenvalue weighted by Gasteiger charge is 2.33. The number of carbonyl (C=O) groups is 1. The quantitative estimate of drug-likeness (QED) is 0.564. The van der Waals surface area contributed by atoms with Gasteiger partial charge >= 0.3 is 18.5 Å². The molecule has 0 amide bonds. The standard InChI is InChI=1S/C16H10F6O3/c1-24-14(23)13-8-10(15(17,18)19)5-6-12(13)9-3-2-4-11(7-9)25-16(20,21)22/h2-8H,1H3. The van der Waals surface area contributed by atoms with E-state index in [1.807, 2.05) is 0 Å². The second kappa shape index (κ2) is 6.66. The zero-order chi connectivity index (χ0) is 18.8. The van der Waals surface area contributed by atoms with E-state index in [2.05, 4.69) is 9.47 Å². The van der Waals surface area contributed by atoms with Crippen LogP contribution in [0.25, 0.3) is 11.1 Å². The Kier molecular flexibility index (Phi) is 4.96. The SMILES string of the molecule is COC(=O)c1cc(C(F)(F)F)ccc1-c1cccc(OC(F)(F)F)c1. The van der Waals surface area contributed by atoms with Crippen LogP contribution < -0.4 is 4.74 Å². The van der Waals surface area contributed by atoms with Crippen LogP contribution in [0.1, 0.15) is 15.9 Å². The molecule has 0 heterocycles. The van der Waals surface area contributed by atoms with Crippen molar-refractivity contribution in [3.63, 3.8) is 0 Å². The molecule has 0 unspecified atom stereocenters. The lowest BCUT2D eigenvalue weighted by Gasteiger charge is -2.14. The molecule has 0 saturated carbocycles. The van der Waals surface area contributed by atoms with Gasteiger partial charge in [-0.1, -0.05) is 18.2 Å². The van der Waals surface area contributed by atoms with E-state index < -0.39 is 35.4 Å². The minimum atomic E-state index is -4.93. The predicted molar refractivity (Wildman–Crippen MR) is 74.9 cm³/mol. The van der Waals surface area contributed by atoms with Gasteiger partial charge in [0.15, 0.2) is 0 Å². The van der Waals surface area contributed by atoms with Gasteiger partial charge in [0.1, 0.15) is 5.75 Å². The number of esters is 1. The van der Waals surface area contributed by atoms with E-state index in [0.717, 1.165) is 31.4 Å². The van der Waals surface area contributed by atoms with Crippen LogP contribution in [-0.2, 0) is 10.9 Å². The maximum atomic E-state index is 12.8. The molecule has 0 fully saturated rings. The molecule has 0 atom stereocenters. The van der Waals surface area contributed by atoms with Gasteiger partial charge in [0.2, 0.25) is 0 Å². The van der Waals surface area contributed by atoms with Crippen molar-refractivity contribution in [1.29, 1.82) is 0 Å². The molecule has 0 aromatic heterocycles. The fraction of sp³-hybridized carbons (Fsp3) is 0.188. The molecule has 2 rings (SSSR count). The van der Waals surface area contributed by atoms with E-state index in [4.69, 9.17) is 0 Å². The summed E-state index contributed by atoms with van der Waals surface area (Å²) in [6.45, 7) is 0. The van der Waals surface area contributed by atoms with Crippen LogP contribution >= 0.6 is 0 Å². The average Bonchev–Trinajstić information content (AvgIpc) is 2.51. The van der Waals surface area contributed by atoms with Crippen LogP contribution in [-0.4, -0.2) is 19.4 Å². The summed E-state index contributed by atoms with van der Waals surface area (Å²) >= 11 is 0. The van der Waals surface area contributed by atoms with Crippen molar-refractivity contribution >= 4 is 5.97 Å². The van der Waals surface area contributed by atoms with Gasteiger partial charge in [0, 0.05) is 0 Å². The van der Waals surface area contributed by atoms with E-state index >= 15 is 0 Å². The van der Waals surface area contributed by atoms with Gasteiger partial charge in [0.05, 0.1) is 18.2 Å². The Morgan fingerprint density at radius 2 is 1.64 bits per heavy atom. The predicted octanol–water partition coefficient (Wildman–Crippen LogP) is 5.06. The summed E-state index contributed by atoms with van der Waals surface area (Å²) in [6.07, 6.45) is -9.62. The molecule has 0 aliphatic heterocycles. The van der Waals surface area contributed by atoms with Crippen LogP contribution in [0.3, 0.4) is 0 Å². The third-order valence-electron chi connectivity index (χ3n) is 3.13. The van der Waals surface area contributed by atoms with Crippen molar-refractivity contribution < 1.29 is 40.6 Å². The highest BCUT2D eigenvalue weighted by atomic mass is 19.4. The highest BCUT2D eigenvalue weighted by molar-refractivity contribution is 5.97. The number of methoxy groups -OCH3 is 1. The Labute approximate surface area is 137 Å². The van der Waals surface area contributed by atoms with Crippen molar-refractivity contribution in [3.05, 3.63) is 53.6 Å². The molecular weight excluding hydrogens is 354 g/mol. The summed E-state index contributed by atoms with van der Waals surface area (Å²) in [5.74, 6) is -1.62. The molecule has 9 heteroatoms. The summed E-state index contributed by atoms with van der Waals surface area (Å²) in [5.41, 5.74) is -1.47. The van der Waals surface area contributed by atoms with Crippen molar-refractivity contribution in [1.82, 2.24) is 0 Å². The third kappa shape index (κ3) is 4.65. The van der Waals surface area contributed by atoms with Crippen molar-refractivity contribution in [3.8, 4) is 16.9 Å². The van der Waals surface area contributed by atoms with Crippen molar-refractivity contribution in [2.45, 2.75) is 12.5 Å². The fourth-order valence-electron chi connectivity index (χ4n) is 2.11. The molecule has 0 saturated heterocycles. The number of halogens is 6. The molecule has 0 spiro atoms. The lowest BCUT2D eigenvalue weighted by molar-refractivity contribution is -0.274. The number of hydrogen-bond donors (Lipinski definition) is 0. The van der Waals surface area contributed by atoms with Gasteiger partial charge in [-0.25, -0.2) is 4.79 Å².